The Balaban J connectivity index is 1.56. The van der Waals surface area contributed by atoms with Gasteiger partial charge in [-0.2, -0.15) is 13.2 Å². The van der Waals surface area contributed by atoms with Gasteiger partial charge in [-0.15, -0.1) is 10.2 Å². The number of carbonyl (C=O) groups is 1. The highest BCUT2D eigenvalue weighted by molar-refractivity contribution is 5.79. The van der Waals surface area contributed by atoms with Crippen LogP contribution in [0.25, 0.3) is 0 Å². The van der Waals surface area contributed by atoms with Crippen LogP contribution in [0.15, 0.2) is 24.3 Å². The van der Waals surface area contributed by atoms with E-state index < -0.39 is 17.4 Å². The maximum Gasteiger partial charge on any atom is 0.416 e. The van der Waals surface area contributed by atoms with Crippen molar-refractivity contribution in [3.05, 3.63) is 41.2 Å². The number of benzene rings is 1. The number of halogens is 4. The van der Waals surface area contributed by atoms with Crippen molar-refractivity contribution in [2.75, 3.05) is 24.5 Å². The second kappa shape index (κ2) is 6.46. The van der Waals surface area contributed by atoms with Crippen molar-refractivity contribution in [1.82, 2.24) is 20.1 Å². The lowest BCUT2D eigenvalue weighted by Gasteiger charge is -2.23. The first-order chi connectivity index (χ1) is 13.2. The fourth-order valence-corrected chi connectivity index (χ4v) is 3.90. The first kappa shape index (κ1) is 18.7. The molecule has 0 saturated carbocycles. The SMILES string of the molecule is Cn1c(C2CNC(=O)C2)nnc1N1CCC(F)(c2cccc(C(F)(F)F)c2)C1. The van der Waals surface area contributed by atoms with Crippen molar-refractivity contribution in [2.24, 2.45) is 7.05 Å². The van der Waals surface area contributed by atoms with Gasteiger partial charge in [0.15, 0.2) is 5.67 Å². The average Bonchev–Trinajstić information content (AvgIpc) is 3.34. The summed E-state index contributed by atoms with van der Waals surface area (Å²) in [4.78, 5) is 13.1. The van der Waals surface area contributed by atoms with Crippen LogP contribution in [0, 0.1) is 0 Å². The van der Waals surface area contributed by atoms with Crippen molar-refractivity contribution in [3.63, 3.8) is 0 Å². The van der Waals surface area contributed by atoms with E-state index in [0.717, 1.165) is 12.1 Å². The fraction of sp³-hybridized carbons (Fsp3) is 0.500. The zero-order valence-electron chi connectivity index (χ0n) is 15.1. The molecule has 0 bridgehead atoms. The summed E-state index contributed by atoms with van der Waals surface area (Å²) < 4.78 is 56.1. The van der Waals surface area contributed by atoms with Gasteiger partial charge < -0.3 is 14.8 Å². The Kier molecular flexibility index (Phi) is 4.31. The summed E-state index contributed by atoms with van der Waals surface area (Å²) in [6.45, 7) is 0.671. The summed E-state index contributed by atoms with van der Waals surface area (Å²) in [7, 11) is 1.75. The molecule has 1 aromatic heterocycles. The molecule has 2 aromatic rings. The Morgan fingerprint density at radius 2 is 2.07 bits per heavy atom. The van der Waals surface area contributed by atoms with Crippen molar-refractivity contribution in [3.8, 4) is 0 Å². The van der Waals surface area contributed by atoms with E-state index in [-0.39, 0.29) is 30.4 Å². The van der Waals surface area contributed by atoms with Crippen LogP contribution in [-0.4, -0.2) is 40.3 Å². The number of hydrogen-bond acceptors (Lipinski definition) is 4. The average molecular weight is 397 g/mol. The van der Waals surface area contributed by atoms with Crippen molar-refractivity contribution in [1.29, 1.82) is 0 Å². The van der Waals surface area contributed by atoms with Crippen LogP contribution < -0.4 is 10.2 Å². The molecule has 10 heteroatoms. The zero-order chi connectivity index (χ0) is 20.1. The summed E-state index contributed by atoms with van der Waals surface area (Å²) in [5, 5.41) is 11.0. The molecule has 28 heavy (non-hydrogen) atoms. The third-order valence-electron chi connectivity index (χ3n) is 5.44. The highest BCUT2D eigenvalue weighted by Crippen LogP contribution is 2.40. The molecule has 2 unspecified atom stereocenters. The molecule has 2 aliphatic rings. The lowest BCUT2D eigenvalue weighted by Crippen LogP contribution is -2.29. The van der Waals surface area contributed by atoms with Gasteiger partial charge in [0.25, 0.3) is 0 Å². The predicted molar refractivity (Wildman–Crippen MR) is 92.4 cm³/mol. The van der Waals surface area contributed by atoms with Crippen LogP contribution in [0.3, 0.4) is 0 Å². The van der Waals surface area contributed by atoms with Gasteiger partial charge in [0.05, 0.1) is 12.1 Å². The van der Waals surface area contributed by atoms with E-state index in [4.69, 9.17) is 0 Å². The predicted octanol–water partition coefficient (Wildman–Crippen LogP) is 2.51. The molecule has 1 N–H and O–H groups in total. The van der Waals surface area contributed by atoms with Crippen LogP contribution in [0.1, 0.15) is 35.7 Å². The maximum absolute atomic E-state index is 15.5. The molecule has 6 nitrogen and oxygen atoms in total. The third-order valence-corrected chi connectivity index (χ3v) is 5.44. The smallest absolute Gasteiger partial charge is 0.355 e. The Labute approximate surface area is 158 Å². The molecule has 0 spiro atoms. The van der Waals surface area contributed by atoms with Crippen LogP contribution in [-0.2, 0) is 23.7 Å². The first-order valence-corrected chi connectivity index (χ1v) is 8.95. The Morgan fingerprint density at radius 1 is 1.29 bits per heavy atom. The number of hydrogen-bond donors (Lipinski definition) is 1. The van der Waals surface area contributed by atoms with E-state index in [2.05, 4.69) is 15.5 Å². The van der Waals surface area contributed by atoms with Crippen molar-refractivity contribution >= 4 is 11.9 Å². The van der Waals surface area contributed by atoms with Crippen molar-refractivity contribution in [2.45, 2.75) is 30.6 Å². The standard InChI is InChI=1S/C18H19F4N5O/c1-26-15(11-7-14(28)23-9-11)24-25-16(26)27-6-5-17(19,10-27)12-3-2-4-13(8-12)18(20,21)22/h2-4,8,11H,5-7,9-10H2,1H3,(H,23,28). The van der Waals surface area contributed by atoms with Gasteiger partial charge in [0, 0.05) is 38.9 Å². The number of nitrogens with one attached hydrogen (secondary N) is 1. The number of alkyl halides is 4. The quantitative estimate of drug-likeness (QED) is 0.809. The molecule has 2 atom stereocenters. The van der Waals surface area contributed by atoms with Crippen LogP contribution >= 0.6 is 0 Å². The first-order valence-electron chi connectivity index (χ1n) is 8.95. The largest absolute Gasteiger partial charge is 0.416 e. The topological polar surface area (TPSA) is 63.1 Å². The lowest BCUT2D eigenvalue weighted by atomic mass is 9.93. The molecule has 2 aliphatic heterocycles. The highest BCUT2D eigenvalue weighted by Gasteiger charge is 2.43. The Hall–Kier alpha value is -2.65. The molecule has 2 saturated heterocycles. The van der Waals surface area contributed by atoms with Crippen LogP contribution in [0.4, 0.5) is 23.5 Å². The second-order valence-electron chi connectivity index (χ2n) is 7.34. The minimum absolute atomic E-state index is 0.0119. The summed E-state index contributed by atoms with van der Waals surface area (Å²) >= 11 is 0. The molecule has 0 aliphatic carbocycles. The summed E-state index contributed by atoms with van der Waals surface area (Å²) in [5.41, 5.74) is -2.75. The molecular formula is C18H19F4N5O. The van der Waals surface area contributed by atoms with E-state index in [9.17, 15) is 18.0 Å². The molecule has 4 rings (SSSR count). The lowest BCUT2D eigenvalue weighted by molar-refractivity contribution is -0.137. The number of aromatic nitrogens is 3. The van der Waals surface area contributed by atoms with Crippen LogP contribution in [0.5, 0.6) is 0 Å². The van der Waals surface area contributed by atoms with Gasteiger partial charge in [-0.25, -0.2) is 4.39 Å². The van der Waals surface area contributed by atoms with Crippen LogP contribution in [0.2, 0.25) is 0 Å². The van der Waals surface area contributed by atoms with E-state index in [0.29, 0.717) is 31.3 Å². The highest BCUT2D eigenvalue weighted by atomic mass is 19.4. The van der Waals surface area contributed by atoms with Crippen molar-refractivity contribution < 1.29 is 22.4 Å². The van der Waals surface area contributed by atoms with Gasteiger partial charge >= 0.3 is 6.18 Å². The van der Waals surface area contributed by atoms with Gasteiger partial charge in [-0.3, -0.25) is 4.79 Å². The van der Waals surface area contributed by atoms with Gasteiger partial charge in [0.2, 0.25) is 11.9 Å². The molecule has 1 aromatic carbocycles. The maximum atomic E-state index is 15.5. The summed E-state index contributed by atoms with van der Waals surface area (Å²) in [6, 6.07) is 4.43. The van der Waals surface area contributed by atoms with E-state index in [1.54, 1.807) is 16.5 Å². The molecule has 0 radical (unpaired) electrons. The molecule has 3 heterocycles. The van der Waals surface area contributed by atoms with Gasteiger partial charge in [-0.05, 0) is 17.7 Å². The van der Waals surface area contributed by atoms with E-state index in [1.807, 2.05) is 0 Å². The minimum atomic E-state index is -4.52. The Morgan fingerprint density at radius 3 is 2.75 bits per heavy atom. The monoisotopic (exact) mass is 397 g/mol. The fourth-order valence-electron chi connectivity index (χ4n) is 3.90. The van der Waals surface area contributed by atoms with Gasteiger partial charge in [-0.1, -0.05) is 12.1 Å². The summed E-state index contributed by atoms with van der Waals surface area (Å²) in [5.74, 6) is 0.924. The minimum Gasteiger partial charge on any atom is -0.355 e. The number of carbonyl (C=O) groups excluding carboxylic acids is 1. The zero-order valence-corrected chi connectivity index (χ0v) is 15.1. The third kappa shape index (κ3) is 3.20. The number of anilines is 1. The molecular weight excluding hydrogens is 378 g/mol. The normalized spacial score (nSPS) is 25.4. The Bertz CT molecular complexity index is 912. The van der Waals surface area contributed by atoms with E-state index >= 15 is 4.39 Å². The number of nitrogens with zero attached hydrogens (tertiary/aromatic N) is 4. The summed E-state index contributed by atoms with van der Waals surface area (Å²) in [6.07, 6.45) is -4.14. The number of amides is 1. The van der Waals surface area contributed by atoms with Gasteiger partial charge in [0.1, 0.15) is 5.82 Å². The molecule has 2 fully saturated rings. The number of rotatable bonds is 3. The second-order valence-corrected chi connectivity index (χ2v) is 7.34. The molecule has 1 amide bonds. The molecule has 150 valence electrons. The van der Waals surface area contributed by atoms with E-state index in [1.165, 1.54) is 12.1 Å².